The first-order valence-electron chi connectivity index (χ1n) is 10.2. The number of phenols is 1. The van der Waals surface area contributed by atoms with Crippen LogP contribution in [0.15, 0.2) is 47.5 Å². The molecular weight excluding hydrogens is 384 g/mol. The van der Waals surface area contributed by atoms with Crippen LogP contribution in [0.2, 0.25) is 0 Å². The first-order valence-corrected chi connectivity index (χ1v) is 10.2. The first-order chi connectivity index (χ1) is 14.7. The number of nitrogens with one attached hydrogen (secondary N) is 1. The topological polar surface area (TPSA) is 110 Å². The number of ether oxygens (including phenoxy) is 1. The zero-order valence-electron chi connectivity index (χ0n) is 17.0. The third-order valence-electron chi connectivity index (χ3n) is 4.63. The Hall–Kier alpha value is -3.42. The highest BCUT2D eigenvalue weighted by atomic mass is 16.6. The second-order valence-corrected chi connectivity index (χ2v) is 6.97. The number of hydrogen-bond acceptors (Lipinski definition) is 7. The fourth-order valence-corrected chi connectivity index (χ4v) is 3.05. The SMILES string of the molecule is CCCCCCCCNC(=O)Oc1ccc(O)c(-c2cncc(-c3nnco3)c2)c1. The summed E-state index contributed by atoms with van der Waals surface area (Å²) in [5.74, 6) is 0.691. The first kappa shape index (κ1) is 21.3. The van der Waals surface area contributed by atoms with E-state index >= 15 is 0 Å². The minimum absolute atomic E-state index is 0.0410. The number of carbonyl (C=O) groups excluding carboxylic acids is 1. The molecule has 2 heterocycles. The summed E-state index contributed by atoms with van der Waals surface area (Å²) in [7, 11) is 0. The number of phenolic OH excluding ortho intramolecular Hbond substituents is 1. The van der Waals surface area contributed by atoms with Gasteiger partial charge in [0.05, 0.1) is 5.56 Å². The van der Waals surface area contributed by atoms with Crippen LogP contribution in [-0.4, -0.2) is 32.9 Å². The van der Waals surface area contributed by atoms with E-state index in [1.165, 1.54) is 38.1 Å². The number of benzene rings is 1. The molecule has 0 saturated heterocycles. The highest BCUT2D eigenvalue weighted by Crippen LogP contribution is 2.33. The number of nitrogens with zero attached hydrogens (tertiary/aromatic N) is 3. The van der Waals surface area contributed by atoms with Gasteiger partial charge in [0.15, 0.2) is 0 Å². The predicted octanol–water partition coefficient (Wildman–Crippen LogP) is 4.95. The molecule has 0 fully saturated rings. The van der Waals surface area contributed by atoms with E-state index in [-0.39, 0.29) is 5.75 Å². The highest BCUT2D eigenvalue weighted by Gasteiger charge is 2.12. The Balaban J connectivity index is 1.59. The lowest BCUT2D eigenvalue weighted by Crippen LogP contribution is -2.27. The Labute approximate surface area is 175 Å². The zero-order valence-corrected chi connectivity index (χ0v) is 17.0. The third kappa shape index (κ3) is 6.04. The molecule has 3 aromatic rings. The molecule has 0 bridgehead atoms. The number of pyridine rings is 1. The summed E-state index contributed by atoms with van der Waals surface area (Å²) in [6, 6.07) is 6.37. The number of aromatic nitrogens is 3. The molecule has 1 amide bonds. The molecule has 3 rings (SSSR count). The van der Waals surface area contributed by atoms with Crippen molar-refractivity contribution in [2.75, 3.05) is 6.54 Å². The van der Waals surface area contributed by atoms with Crippen LogP contribution in [-0.2, 0) is 0 Å². The van der Waals surface area contributed by atoms with Crippen molar-refractivity contribution in [2.45, 2.75) is 45.4 Å². The molecule has 0 aliphatic rings. The molecular formula is C22H26N4O4. The van der Waals surface area contributed by atoms with Gasteiger partial charge in [-0.15, -0.1) is 10.2 Å². The van der Waals surface area contributed by atoms with Gasteiger partial charge in [0.25, 0.3) is 0 Å². The Morgan fingerprint density at radius 2 is 1.90 bits per heavy atom. The van der Waals surface area contributed by atoms with Gasteiger partial charge in [-0.3, -0.25) is 4.98 Å². The minimum Gasteiger partial charge on any atom is -0.507 e. The van der Waals surface area contributed by atoms with Crippen LogP contribution in [0.25, 0.3) is 22.6 Å². The van der Waals surface area contributed by atoms with Crippen molar-refractivity contribution in [3.05, 3.63) is 43.1 Å². The summed E-state index contributed by atoms with van der Waals surface area (Å²) in [5, 5.41) is 20.5. The second kappa shape index (κ2) is 10.9. The van der Waals surface area contributed by atoms with E-state index in [2.05, 4.69) is 27.4 Å². The molecule has 0 aliphatic heterocycles. The van der Waals surface area contributed by atoms with Crippen molar-refractivity contribution in [2.24, 2.45) is 0 Å². The third-order valence-corrected chi connectivity index (χ3v) is 4.63. The smallest absolute Gasteiger partial charge is 0.412 e. The fraction of sp³-hybridized carbons (Fsp3) is 0.364. The number of rotatable bonds is 10. The van der Waals surface area contributed by atoms with Crippen molar-refractivity contribution in [3.8, 4) is 34.1 Å². The van der Waals surface area contributed by atoms with Gasteiger partial charge in [-0.2, -0.15) is 0 Å². The molecule has 0 saturated carbocycles. The van der Waals surface area contributed by atoms with E-state index in [1.54, 1.807) is 30.6 Å². The van der Waals surface area contributed by atoms with Gasteiger partial charge in [0.1, 0.15) is 11.5 Å². The van der Waals surface area contributed by atoms with Crippen LogP contribution >= 0.6 is 0 Å². The number of unbranched alkanes of at least 4 members (excludes halogenated alkanes) is 5. The van der Waals surface area contributed by atoms with Crippen LogP contribution in [0.5, 0.6) is 11.5 Å². The summed E-state index contributed by atoms with van der Waals surface area (Å²) >= 11 is 0. The van der Waals surface area contributed by atoms with Crippen molar-refractivity contribution >= 4 is 6.09 Å². The lowest BCUT2D eigenvalue weighted by Gasteiger charge is -2.10. The Morgan fingerprint density at radius 3 is 2.70 bits per heavy atom. The van der Waals surface area contributed by atoms with E-state index in [4.69, 9.17) is 9.15 Å². The summed E-state index contributed by atoms with van der Waals surface area (Å²) in [5.41, 5.74) is 1.72. The van der Waals surface area contributed by atoms with Gasteiger partial charge < -0.3 is 19.6 Å². The molecule has 2 N–H and O–H groups in total. The number of hydrogen-bond donors (Lipinski definition) is 2. The monoisotopic (exact) mass is 410 g/mol. The Morgan fingerprint density at radius 1 is 1.10 bits per heavy atom. The molecule has 8 heteroatoms. The maximum atomic E-state index is 12.1. The molecule has 2 aromatic heterocycles. The van der Waals surface area contributed by atoms with Crippen LogP contribution in [0, 0.1) is 0 Å². The quantitative estimate of drug-likeness (QED) is 0.455. The largest absolute Gasteiger partial charge is 0.507 e. The number of carbonyl (C=O) groups is 1. The van der Waals surface area contributed by atoms with Crippen molar-refractivity contribution in [1.82, 2.24) is 20.5 Å². The predicted molar refractivity (Wildman–Crippen MR) is 112 cm³/mol. The average molecular weight is 410 g/mol. The van der Waals surface area contributed by atoms with Crippen LogP contribution in [0.1, 0.15) is 45.4 Å². The van der Waals surface area contributed by atoms with E-state index in [0.29, 0.717) is 34.9 Å². The summed E-state index contributed by atoms with van der Waals surface area (Å²) < 4.78 is 10.5. The lowest BCUT2D eigenvalue weighted by atomic mass is 10.0. The van der Waals surface area contributed by atoms with Crippen molar-refractivity contribution < 1.29 is 19.1 Å². The summed E-state index contributed by atoms with van der Waals surface area (Å²) in [6.07, 6.45) is 10.8. The number of aromatic hydroxyl groups is 1. The van der Waals surface area contributed by atoms with Crippen LogP contribution < -0.4 is 10.1 Å². The van der Waals surface area contributed by atoms with E-state index in [9.17, 15) is 9.90 Å². The summed E-state index contributed by atoms with van der Waals surface area (Å²) in [4.78, 5) is 16.2. The van der Waals surface area contributed by atoms with Gasteiger partial charge in [-0.1, -0.05) is 39.0 Å². The van der Waals surface area contributed by atoms with Crippen LogP contribution in [0.3, 0.4) is 0 Å². The molecule has 0 atom stereocenters. The molecule has 158 valence electrons. The normalized spacial score (nSPS) is 10.7. The van der Waals surface area contributed by atoms with Crippen molar-refractivity contribution in [3.63, 3.8) is 0 Å². The van der Waals surface area contributed by atoms with Gasteiger partial charge in [-0.05, 0) is 30.7 Å². The standard InChI is InChI=1S/C22H26N4O4/c1-2-3-4-5-6-7-10-24-22(28)30-18-8-9-20(27)19(12-18)16-11-17(14-23-13-16)21-26-25-15-29-21/h8-9,11-15,27H,2-7,10H2,1H3,(H,24,28). The van der Waals surface area contributed by atoms with Crippen molar-refractivity contribution in [1.29, 1.82) is 0 Å². The van der Waals surface area contributed by atoms with E-state index in [1.807, 2.05) is 0 Å². The molecule has 0 spiro atoms. The zero-order chi connectivity index (χ0) is 21.2. The molecule has 30 heavy (non-hydrogen) atoms. The van der Waals surface area contributed by atoms with Gasteiger partial charge in [-0.25, -0.2) is 4.79 Å². The average Bonchev–Trinajstić information content (AvgIpc) is 3.30. The second-order valence-electron chi connectivity index (χ2n) is 6.97. The van der Waals surface area contributed by atoms with Gasteiger partial charge in [0.2, 0.25) is 12.3 Å². The molecule has 0 radical (unpaired) electrons. The fourth-order valence-electron chi connectivity index (χ4n) is 3.05. The van der Waals surface area contributed by atoms with Gasteiger partial charge in [0, 0.05) is 30.1 Å². The minimum atomic E-state index is -0.516. The van der Waals surface area contributed by atoms with E-state index < -0.39 is 6.09 Å². The molecule has 0 aliphatic carbocycles. The Bertz CT molecular complexity index is 944. The molecule has 8 nitrogen and oxygen atoms in total. The highest BCUT2D eigenvalue weighted by molar-refractivity contribution is 5.76. The maximum absolute atomic E-state index is 12.1. The van der Waals surface area contributed by atoms with Crippen LogP contribution in [0.4, 0.5) is 4.79 Å². The van der Waals surface area contributed by atoms with E-state index in [0.717, 1.165) is 12.8 Å². The molecule has 1 aromatic carbocycles. The number of amides is 1. The molecule has 0 unspecified atom stereocenters. The Kier molecular flexibility index (Phi) is 7.77. The summed E-state index contributed by atoms with van der Waals surface area (Å²) in [6.45, 7) is 2.76. The lowest BCUT2D eigenvalue weighted by molar-refractivity contribution is 0.200. The maximum Gasteiger partial charge on any atom is 0.412 e. The van der Waals surface area contributed by atoms with Gasteiger partial charge >= 0.3 is 6.09 Å².